The van der Waals surface area contributed by atoms with E-state index in [0.717, 1.165) is 18.2 Å². The number of anilines is 1. The Hall–Kier alpha value is -2.04. The first-order valence-electron chi connectivity index (χ1n) is 6.17. The van der Waals surface area contributed by atoms with E-state index in [-0.39, 0.29) is 6.17 Å². The van der Waals surface area contributed by atoms with Gasteiger partial charge in [-0.2, -0.15) is 4.99 Å². The lowest BCUT2D eigenvalue weighted by Crippen LogP contribution is -2.47. The van der Waals surface area contributed by atoms with Crippen molar-refractivity contribution < 1.29 is 0 Å². The third kappa shape index (κ3) is 2.61. The second-order valence-corrected chi connectivity index (χ2v) is 4.05. The standard InChI is InChI=1S/C13H19N5/c1-4-18-10(2)15-12(17-13(18)14-3)16-11-8-6-5-7-9-11/h5-10H,4H2,1-3H3,(H2,14,15,16,17). The van der Waals surface area contributed by atoms with Crippen LogP contribution in [-0.4, -0.2) is 36.6 Å². The molecular weight excluding hydrogens is 226 g/mol. The molecule has 96 valence electrons. The molecule has 0 fully saturated rings. The highest BCUT2D eigenvalue weighted by Gasteiger charge is 2.20. The quantitative estimate of drug-likeness (QED) is 0.834. The first-order valence-corrected chi connectivity index (χ1v) is 6.17. The fourth-order valence-corrected chi connectivity index (χ4v) is 1.94. The maximum absolute atomic E-state index is 4.53. The summed E-state index contributed by atoms with van der Waals surface area (Å²) in [5.74, 6) is 1.49. The van der Waals surface area contributed by atoms with Crippen molar-refractivity contribution in [3.05, 3.63) is 30.3 Å². The van der Waals surface area contributed by atoms with E-state index in [1.54, 1.807) is 0 Å². The summed E-state index contributed by atoms with van der Waals surface area (Å²) in [6, 6.07) is 9.94. The molecule has 1 aromatic rings. The molecule has 1 aliphatic rings. The Bertz CT molecular complexity index is 452. The van der Waals surface area contributed by atoms with E-state index in [4.69, 9.17) is 0 Å². The van der Waals surface area contributed by atoms with Crippen LogP contribution in [0.25, 0.3) is 0 Å². The summed E-state index contributed by atoms with van der Waals surface area (Å²) in [4.78, 5) is 11.1. The van der Waals surface area contributed by atoms with Gasteiger partial charge in [-0.3, -0.25) is 0 Å². The van der Waals surface area contributed by atoms with Crippen molar-refractivity contribution in [2.75, 3.05) is 18.9 Å². The third-order valence-corrected chi connectivity index (χ3v) is 2.84. The summed E-state index contributed by atoms with van der Waals surface area (Å²) >= 11 is 0. The zero-order valence-electron chi connectivity index (χ0n) is 11.0. The van der Waals surface area contributed by atoms with Gasteiger partial charge in [-0.05, 0) is 26.0 Å². The molecule has 1 atom stereocenters. The topological polar surface area (TPSA) is 52.0 Å². The monoisotopic (exact) mass is 245 g/mol. The van der Waals surface area contributed by atoms with Crippen LogP contribution in [0.15, 0.2) is 40.3 Å². The van der Waals surface area contributed by atoms with Crippen LogP contribution in [0, 0.1) is 0 Å². The summed E-state index contributed by atoms with van der Waals surface area (Å²) < 4.78 is 0. The molecule has 0 spiro atoms. The van der Waals surface area contributed by atoms with Crippen LogP contribution in [0.2, 0.25) is 0 Å². The highest BCUT2D eigenvalue weighted by atomic mass is 15.4. The molecule has 0 saturated heterocycles. The van der Waals surface area contributed by atoms with Crippen LogP contribution >= 0.6 is 0 Å². The molecule has 5 nitrogen and oxygen atoms in total. The number of para-hydroxylation sites is 1. The van der Waals surface area contributed by atoms with Crippen LogP contribution in [0.4, 0.5) is 5.69 Å². The Morgan fingerprint density at radius 1 is 1.28 bits per heavy atom. The molecule has 1 heterocycles. The second-order valence-electron chi connectivity index (χ2n) is 4.05. The number of nitrogens with zero attached hydrogens (tertiary/aromatic N) is 3. The molecule has 1 aliphatic heterocycles. The van der Waals surface area contributed by atoms with Crippen molar-refractivity contribution in [3.8, 4) is 0 Å². The molecule has 1 unspecified atom stereocenters. The number of aliphatic imine (C=N–C) groups is 2. The SMILES string of the molecule is CCN1C(NC)=NC(Nc2ccccc2)=NC1C. The number of hydrogen-bond donors (Lipinski definition) is 2. The number of hydrogen-bond acceptors (Lipinski definition) is 5. The molecule has 0 radical (unpaired) electrons. The Morgan fingerprint density at radius 3 is 2.61 bits per heavy atom. The molecule has 0 aromatic heterocycles. The van der Waals surface area contributed by atoms with Gasteiger partial charge in [-0.1, -0.05) is 18.2 Å². The van der Waals surface area contributed by atoms with Gasteiger partial charge < -0.3 is 15.5 Å². The molecule has 2 rings (SSSR count). The smallest absolute Gasteiger partial charge is 0.227 e. The van der Waals surface area contributed by atoms with Gasteiger partial charge in [0.2, 0.25) is 11.9 Å². The van der Waals surface area contributed by atoms with Crippen molar-refractivity contribution in [1.29, 1.82) is 0 Å². The van der Waals surface area contributed by atoms with Gasteiger partial charge in [-0.25, -0.2) is 4.99 Å². The third-order valence-electron chi connectivity index (χ3n) is 2.84. The summed E-state index contributed by atoms with van der Waals surface area (Å²) in [6.45, 7) is 5.03. The minimum atomic E-state index is 0.0844. The molecular formula is C13H19N5. The van der Waals surface area contributed by atoms with E-state index in [9.17, 15) is 0 Å². The van der Waals surface area contributed by atoms with Gasteiger partial charge in [0.1, 0.15) is 6.17 Å². The predicted molar refractivity (Wildman–Crippen MR) is 75.8 cm³/mol. The van der Waals surface area contributed by atoms with Gasteiger partial charge in [0.15, 0.2) is 0 Å². The average molecular weight is 245 g/mol. The largest absolute Gasteiger partial charge is 0.359 e. The number of rotatable bonds is 2. The van der Waals surface area contributed by atoms with Crippen molar-refractivity contribution in [2.24, 2.45) is 9.98 Å². The van der Waals surface area contributed by atoms with Crippen LogP contribution in [0.5, 0.6) is 0 Å². The van der Waals surface area contributed by atoms with E-state index in [0.29, 0.717) is 5.96 Å². The fraction of sp³-hybridized carbons (Fsp3) is 0.385. The lowest BCUT2D eigenvalue weighted by atomic mass is 10.3. The molecule has 18 heavy (non-hydrogen) atoms. The van der Waals surface area contributed by atoms with Crippen LogP contribution in [-0.2, 0) is 0 Å². The highest BCUT2D eigenvalue weighted by Crippen LogP contribution is 2.11. The van der Waals surface area contributed by atoms with Gasteiger partial charge in [-0.15, -0.1) is 0 Å². The Labute approximate surface area is 108 Å². The summed E-state index contributed by atoms with van der Waals surface area (Å²) in [6.07, 6.45) is 0.0844. The zero-order chi connectivity index (χ0) is 13.0. The second kappa shape index (κ2) is 5.53. The molecule has 0 saturated carbocycles. The van der Waals surface area contributed by atoms with Crippen LogP contribution < -0.4 is 10.6 Å². The molecule has 0 amide bonds. The summed E-state index contributed by atoms with van der Waals surface area (Å²) in [5.41, 5.74) is 0.993. The number of benzene rings is 1. The summed E-state index contributed by atoms with van der Waals surface area (Å²) in [7, 11) is 1.87. The lowest BCUT2D eigenvalue weighted by Gasteiger charge is -2.31. The van der Waals surface area contributed by atoms with E-state index in [1.807, 2.05) is 37.4 Å². The lowest BCUT2D eigenvalue weighted by molar-refractivity contribution is 0.340. The van der Waals surface area contributed by atoms with Gasteiger partial charge in [0.25, 0.3) is 0 Å². The Kier molecular flexibility index (Phi) is 3.82. The number of guanidine groups is 2. The average Bonchev–Trinajstić information content (AvgIpc) is 2.39. The maximum Gasteiger partial charge on any atom is 0.227 e. The minimum Gasteiger partial charge on any atom is -0.359 e. The maximum atomic E-state index is 4.53. The van der Waals surface area contributed by atoms with Crippen LogP contribution in [0.1, 0.15) is 13.8 Å². The molecule has 0 aliphatic carbocycles. The van der Waals surface area contributed by atoms with E-state index < -0.39 is 0 Å². The van der Waals surface area contributed by atoms with Crippen molar-refractivity contribution in [2.45, 2.75) is 20.0 Å². The predicted octanol–water partition coefficient (Wildman–Crippen LogP) is 1.71. The van der Waals surface area contributed by atoms with Gasteiger partial charge >= 0.3 is 0 Å². The van der Waals surface area contributed by atoms with Gasteiger partial charge in [0.05, 0.1) is 0 Å². The molecule has 1 aromatic carbocycles. The molecule has 5 heteroatoms. The van der Waals surface area contributed by atoms with Crippen LogP contribution in [0.3, 0.4) is 0 Å². The van der Waals surface area contributed by atoms with Gasteiger partial charge in [0, 0.05) is 19.3 Å². The van der Waals surface area contributed by atoms with Crippen molar-refractivity contribution in [3.63, 3.8) is 0 Å². The number of nitrogens with one attached hydrogen (secondary N) is 2. The first kappa shape index (κ1) is 12.4. The van der Waals surface area contributed by atoms with Crippen molar-refractivity contribution in [1.82, 2.24) is 10.2 Å². The Balaban J connectivity index is 2.17. The fourth-order valence-electron chi connectivity index (χ4n) is 1.94. The first-order chi connectivity index (χ1) is 8.74. The molecule has 2 N–H and O–H groups in total. The highest BCUT2D eigenvalue weighted by molar-refractivity contribution is 6.03. The van der Waals surface area contributed by atoms with E-state index in [2.05, 4.69) is 39.4 Å². The van der Waals surface area contributed by atoms with E-state index >= 15 is 0 Å². The van der Waals surface area contributed by atoms with E-state index in [1.165, 1.54) is 0 Å². The minimum absolute atomic E-state index is 0.0844. The zero-order valence-corrected chi connectivity index (χ0v) is 11.0. The summed E-state index contributed by atoms with van der Waals surface area (Å²) in [5, 5.41) is 6.32. The Morgan fingerprint density at radius 2 is 2.00 bits per heavy atom. The molecule has 0 bridgehead atoms. The normalized spacial score (nSPS) is 19.1. The van der Waals surface area contributed by atoms with Crippen molar-refractivity contribution >= 4 is 17.6 Å².